The summed E-state index contributed by atoms with van der Waals surface area (Å²) in [6, 6.07) is 16.7. The van der Waals surface area contributed by atoms with Crippen molar-refractivity contribution in [1.82, 2.24) is 5.32 Å². The van der Waals surface area contributed by atoms with E-state index in [1.54, 1.807) is 42.5 Å². The largest absolute Gasteiger partial charge is 0.493 e. The number of benzene rings is 2. The Kier molecular flexibility index (Phi) is 5.54. The number of rotatable bonds is 7. The first kappa shape index (κ1) is 15.6. The molecule has 0 bridgehead atoms. The zero-order valence-corrected chi connectivity index (χ0v) is 11.9. The maximum atomic E-state index is 11.9. The van der Waals surface area contributed by atoms with Crippen molar-refractivity contribution >= 4 is 11.9 Å². The molecule has 0 spiro atoms. The molecule has 0 aliphatic heterocycles. The van der Waals surface area contributed by atoms with Gasteiger partial charge in [0.1, 0.15) is 5.75 Å². The first-order chi connectivity index (χ1) is 10.7. The van der Waals surface area contributed by atoms with Crippen LogP contribution in [-0.2, 0) is 9.59 Å². The number of ether oxygens (including phenoxy) is 1. The average Bonchev–Trinajstić information content (AvgIpc) is 2.54. The molecule has 22 heavy (non-hydrogen) atoms. The first-order valence-electron chi connectivity index (χ1n) is 6.92. The molecule has 1 amide bonds. The number of carbonyl (C=O) groups is 2. The van der Waals surface area contributed by atoms with Crippen LogP contribution in [-0.4, -0.2) is 23.6 Å². The van der Waals surface area contributed by atoms with Gasteiger partial charge < -0.3 is 15.2 Å². The molecule has 1 atom stereocenters. The van der Waals surface area contributed by atoms with E-state index in [0.29, 0.717) is 11.3 Å². The van der Waals surface area contributed by atoms with Crippen LogP contribution in [0.4, 0.5) is 0 Å². The average molecular weight is 299 g/mol. The molecule has 2 aromatic rings. The Balaban J connectivity index is 1.85. The summed E-state index contributed by atoms with van der Waals surface area (Å²) in [5.41, 5.74) is 0.535. The van der Waals surface area contributed by atoms with Gasteiger partial charge in [-0.1, -0.05) is 48.5 Å². The van der Waals surface area contributed by atoms with Crippen molar-refractivity contribution in [1.29, 1.82) is 0 Å². The van der Waals surface area contributed by atoms with E-state index >= 15 is 0 Å². The zero-order valence-electron chi connectivity index (χ0n) is 11.9. The molecule has 2 rings (SSSR count). The van der Waals surface area contributed by atoms with Gasteiger partial charge in [0.25, 0.3) is 0 Å². The number of carbonyl (C=O) groups excluding carboxylic acids is 1. The topological polar surface area (TPSA) is 75.6 Å². The van der Waals surface area contributed by atoms with Gasteiger partial charge in [-0.05, 0) is 17.7 Å². The molecule has 0 radical (unpaired) electrons. The Morgan fingerprint density at radius 2 is 1.59 bits per heavy atom. The molecule has 2 aromatic carbocycles. The van der Waals surface area contributed by atoms with Crippen molar-refractivity contribution in [3.8, 4) is 5.75 Å². The van der Waals surface area contributed by atoms with Gasteiger partial charge in [-0.15, -0.1) is 0 Å². The van der Waals surface area contributed by atoms with Crippen LogP contribution in [0.5, 0.6) is 5.75 Å². The summed E-state index contributed by atoms with van der Waals surface area (Å²) in [5.74, 6) is -0.788. The maximum absolute atomic E-state index is 11.9. The lowest BCUT2D eigenvalue weighted by atomic mass is 10.1. The fraction of sp³-hybridized carbons (Fsp3) is 0.176. The van der Waals surface area contributed by atoms with Crippen LogP contribution in [0.25, 0.3) is 0 Å². The van der Waals surface area contributed by atoms with Gasteiger partial charge in [-0.3, -0.25) is 4.79 Å². The molecule has 0 saturated carbocycles. The Morgan fingerprint density at radius 1 is 1.00 bits per heavy atom. The number of amides is 1. The summed E-state index contributed by atoms with van der Waals surface area (Å²) in [5, 5.41) is 11.7. The van der Waals surface area contributed by atoms with Crippen molar-refractivity contribution in [3.05, 3.63) is 66.2 Å². The van der Waals surface area contributed by atoms with E-state index < -0.39 is 12.0 Å². The van der Waals surface area contributed by atoms with Crippen LogP contribution in [0.3, 0.4) is 0 Å². The monoisotopic (exact) mass is 299 g/mol. The van der Waals surface area contributed by atoms with Crippen LogP contribution >= 0.6 is 0 Å². The lowest BCUT2D eigenvalue weighted by molar-refractivity contribution is -0.142. The zero-order chi connectivity index (χ0) is 15.8. The molecule has 0 fully saturated rings. The van der Waals surface area contributed by atoms with Gasteiger partial charge in [-0.2, -0.15) is 0 Å². The minimum Gasteiger partial charge on any atom is -0.493 e. The quantitative estimate of drug-likeness (QED) is 0.823. The van der Waals surface area contributed by atoms with E-state index in [9.17, 15) is 14.7 Å². The molecule has 5 nitrogen and oxygen atoms in total. The standard InChI is InChI=1S/C17H17NO4/c19-15(11-12-22-14-9-5-2-6-10-14)18-16(17(20)21)13-7-3-1-4-8-13/h1-10,16H,11-12H2,(H,18,19)(H,20,21). The second-order valence-electron chi connectivity index (χ2n) is 4.66. The molecular weight excluding hydrogens is 282 g/mol. The van der Waals surface area contributed by atoms with Crippen molar-refractivity contribution in [3.63, 3.8) is 0 Å². The lowest BCUT2D eigenvalue weighted by Gasteiger charge is -2.15. The SMILES string of the molecule is O=C(CCOc1ccccc1)NC(C(=O)O)c1ccccc1. The number of carboxylic acids is 1. The van der Waals surface area contributed by atoms with Crippen LogP contribution in [0, 0.1) is 0 Å². The number of para-hydroxylation sites is 1. The normalized spacial score (nSPS) is 11.5. The third kappa shape index (κ3) is 4.63. The lowest BCUT2D eigenvalue weighted by Crippen LogP contribution is -2.34. The second-order valence-corrected chi connectivity index (χ2v) is 4.66. The molecule has 114 valence electrons. The van der Waals surface area contributed by atoms with E-state index in [4.69, 9.17) is 4.74 Å². The van der Waals surface area contributed by atoms with E-state index in [-0.39, 0.29) is 18.9 Å². The van der Waals surface area contributed by atoms with Crippen LogP contribution in [0.1, 0.15) is 18.0 Å². The summed E-state index contributed by atoms with van der Waals surface area (Å²) >= 11 is 0. The Bertz CT molecular complexity index is 613. The van der Waals surface area contributed by atoms with E-state index in [0.717, 1.165) is 0 Å². The Hall–Kier alpha value is -2.82. The molecule has 1 unspecified atom stereocenters. The van der Waals surface area contributed by atoms with Gasteiger partial charge >= 0.3 is 5.97 Å². The highest BCUT2D eigenvalue weighted by atomic mass is 16.5. The van der Waals surface area contributed by atoms with Gasteiger partial charge in [0, 0.05) is 0 Å². The molecule has 5 heteroatoms. The van der Waals surface area contributed by atoms with Crippen molar-refractivity contribution in [2.45, 2.75) is 12.5 Å². The fourth-order valence-electron chi connectivity index (χ4n) is 1.94. The molecule has 0 heterocycles. The number of hydrogen-bond donors (Lipinski definition) is 2. The molecule has 2 N–H and O–H groups in total. The van der Waals surface area contributed by atoms with Crippen LogP contribution < -0.4 is 10.1 Å². The molecular formula is C17H17NO4. The second kappa shape index (κ2) is 7.83. The predicted molar refractivity (Wildman–Crippen MR) is 81.5 cm³/mol. The molecule has 0 aliphatic carbocycles. The fourth-order valence-corrected chi connectivity index (χ4v) is 1.94. The third-order valence-corrected chi connectivity index (χ3v) is 3.03. The smallest absolute Gasteiger partial charge is 0.330 e. The number of carboxylic acid groups (broad SMARTS) is 1. The number of nitrogens with one attached hydrogen (secondary N) is 1. The predicted octanol–water partition coefficient (Wildman–Crippen LogP) is 2.40. The van der Waals surface area contributed by atoms with E-state index in [1.807, 2.05) is 18.2 Å². The van der Waals surface area contributed by atoms with Crippen molar-refractivity contribution in [2.75, 3.05) is 6.61 Å². The molecule has 0 aliphatic rings. The van der Waals surface area contributed by atoms with Gasteiger partial charge in [0.15, 0.2) is 6.04 Å². The maximum Gasteiger partial charge on any atom is 0.330 e. The van der Waals surface area contributed by atoms with Gasteiger partial charge in [0.2, 0.25) is 5.91 Å². The third-order valence-electron chi connectivity index (χ3n) is 3.03. The van der Waals surface area contributed by atoms with Gasteiger partial charge in [0.05, 0.1) is 13.0 Å². The summed E-state index contributed by atoms with van der Waals surface area (Å²) in [6.07, 6.45) is 0.0888. The van der Waals surface area contributed by atoms with E-state index in [1.165, 1.54) is 0 Å². The summed E-state index contributed by atoms with van der Waals surface area (Å²) in [7, 11) is 0. The van der Waals surface area contributed by atoms with Crippen LogP contribution in [0.2, 0.25) is 0 Å². The van der Waals surface area contributed by atoms with Crippen LogP contribution in [0.15, 0.2) is 60.7 Å². The highest BCUT2D eigenvalue weighted by molar-refractivity contribution is 5.84. The van der Waals surface area contributed by atoms with E-state index in [2.05, 4.69) is 5.32 Å². The number of hydrogen-bond acceptors (Lipinski definition) is 3. The first-order valence-corrected chi connectivity index (χ1v) is 6.92. The summed E-state index contributed by atoms with van der Waals surface area (Å²) < 4.78 is 5.42. The van der Waals surface area contributed by atoms with Gasteiger partial charge in [-0.25, -0.2) is 4.79 Å². The minimum absolute atomic E-state index is 0.0888. The summed E-state index contributed by atoms with van der Waals surface area (Å²) in [4.78, 5) is 23.2. The summed E-state index contributed by atoms with van der Waals surface area (Å²) in [6.45, 7) is 0.191. The molecule has 0 aromatic heterocycles. The van der Waals surface area contributed by atoms with Crippen molar-refractivity contribution < 1.29 is 19.4 Å². The highest BCUT2D eigenvalue weighted by Gasteiger charge is 2.21. The van der Waals surface area contributed by atoms with Crippen molar-refractivity contribution in [2.24, 2.45) is 0 Å². The molecule has 0 saturated heterocycles. The minimum atomic E-state index is -1.09. The number of aliphatic carboxylic acids is 1. The Labute approximate surface area is 128 Å². The highest BCUT2D eigenvalue weighted by Crippen LogP contribution is 2.13. The Morgan fingerprint density at radius 3 is 2.18 bits per heavy atom.